The molecule has 3 saturated heterocycles. The Labute approximate surface area is 131 Å². The zero-order chi connectivity index (χ0) is 11.7. The van der Waals surface area contributed by atoms with Gasteiger partial charge in [0.25, 0.3) is 0 Å². The predicted molar refractivity (Wildman–Crippen MR) is 84.5 cm³/mol. The van der Waals surface area contributed by atoms with E-state index < -0.39 is 0 Å². The van der Waals surface area contributed by atoms with Gasteiger partial charge in [-0.15, -0.1) is 36.6 Å². The van der Waals surface area contributed by atoms with Crippen LogP contribution in [0.25, 0.3) is 0 Å². The largest absolute Gasteiger partial charge is 0.352 e. The van der Waals surface area contributed by atoms with Crippen LogP contribution in [0.5, 0.6) is 0 Å². The van der Waals surface area contributed by atoms with Gasteiger partial charge >= 0.3 is 0 Å². The number of rotatable bonds is 2. The molecule has 7 heteroatoms. The van der Waals surface area contributed by atoms with Crippen LogP contribution < -0.4 is 10.6 Å². The second-order valence-corrected chi connectivity index (χ2v) is 6.36. The van der Waals surface area contributed by atoms with Crippen molar-refractivity contribution < 1.29 is 4.79 Å². The van der Waals surface area contributed by atoms with Gasteiger partial charge in [-0.05, 0) is 32.2 Å². The second kappa shape index (κ2) is 7.93. The minimum absolute atomic E-state index is 0. The summed E-state index contributed by atoms with van der Waals surface area (Å²) in [6.07, 6.45) is 4.95. The molecule has 3 atom stereocenters. The highest BCUT2D eigenvalue weighted by Gasteiger charge is 2.33. The van der Waals surface area contributed by atoms with Crippen LogP contribution in [-0.4, -0.2) is 53.7 Å². The monoisotopic (exact) mass is 327 g/mol. The van der Waals surface area contributed by atoms with E-state index in [1.54, 1.807) is 0 Å². The molecular weight excluding hydrogens is 305 g/mol. The molecule has 0 aromatic rings. The average Bonchev–Trinajstić information content (AvgIpc) is 2.99. The van der Waals surface area contributed by atoms with Gasteiger partial charge in [-0.3, -0.25) is 10.1 Å². The fraction of sp³-hybridized carbons (Fsp3) is 0.917. The summed E-state index contributed by atoms with van der Waals surface area (Å²) in [6, 6.07) is 1.19. The molecule has 0 bridgehead atoms. The number of nitrogens with one attached hydrogen (secondary N) is 2. The highest BCUT2D eigenvalue weighted by Crippen LogP contribution is 2.26. The van der Waals surface area contributed by atoms with E-state index >= 15 is 0 Å². The van der Waals surface area contributed by atoms with Crippen LogP contribution in [0.1, 0.15) is 25.7 Å². The van der Waals surface area contributed by atoms with Crippen LogP contribution in [0, 0.1) is 0 Å². The number of piperidine rings is 1. The highest BCUT2D eigenvalue weighted by atomic mass is 35.5. The number of carbonyl (C=O) groups excluding carboxylic acids is 1. The summed E-state index contributed by atoms with van der Waals surface area (Å²) in [6.45, 7) is 2.44. The van der Waals surface area contributed by atoms with Crippen molar-refractivity contribution >= 4 is 42.5 Å². The third kappa shape index (κ3) is 4.14. The van der Waals surface area contributed by atoms with E-state index in [2.05, 4.69) is 15.5 Å². The van der Waals surface area contributed by atoms with Gasteiger partial charge in [0.1, 0.15) is 0 Å². The van der Waals surface area contributed by atoms with Crippen molar-refractivity contribution in [2.75, 3.05) is 24.7 Å². The molecule has 3 aliphatic heterocycles. The van der Waals surface area contributed by atoms with Crippen molar-refractivity contribution in [2.24, 2.45) is 0 Å². The lowest BCUT2D eigenvalue weighted by molar-refractivity contribution is -0.123. The van der Waals surface area contributed by atoms with Crippen LogP contribution >= 0.6 is 36.6 Å². The smallest absolute Gasteiger partial charge is 0.238 e. The number of amides is 1. The van der Waals surface area contributed by atoms with Crippen molar-refractivity contribution in [2.45, 2.75) is 43.8 Å². The van der Waals surface area contributed by atoms with Crippen molar-refractivity contribution in [3.05, 3.63) is 0 Å². The summed E-state index contributed by atoms with van der Waals surface area (Å²) in [4.78, 5) is 14.6. The van der Waals surface area contributed by atoms with Gasteiger partial charge in [-0.25, -0.2) is 0 Å². The van der Waals surface area contributed by atoms with E-state index in [4.69, 9.17) is 0 Å². The Bertz CT molecular complexity index is 303. The van der Waals surface area contributed by atoms with E-state index in [-0.39, 0.29) is 36.8 Å². The van der Waals surface area contributed by atoms with Gasteiger partial charge in [-0.1, -0.05) is 0 Å². The predicted octanol–water partition coefficient (Wildman–Crippen LogP) is 1.24. The Morgan fingerprint density at radius 3 is 2.84 bits per heavy atom. The fourth-order valence-corrected chi connectivity index (χ4v) is 4.16. The quantitative estimate of drug-likeness (QED) is 0.800. The van der Waals surface area contributed by atoms with E-state index in [1.807, 2.05) is 11.8 Å². The number of hydrogen-bond acceptors (Lipinski definition) is 4. The fourth-order valence-electron chi connectivity index (χ4n) is 3.22. The average molecular weight is 328 g/mol. The Morgan fingerprint density at radius 2 is 2.11 bits per heavy atom. The van der Waals surface area contributed by atoms with Gasteiger partial charge in [0, 0.05) is 30.3 Å². The van der Waals surface area contributed by atoms with Gasteiger partial charge in [-0.2, -0.15) is 0 Å². The first-order valence-corrected chi connectivity index (χ1v) is 7.84. The Morgan fingerprint density at radius 1 is 1.26 bits per heavy atom. The number of carbonyl (C=O) groups is 1. The summed E-state index contributed by atoms with van der Waals surface area (Å²) in [7, 11) is 0. The number of halogens is 2. The third-order valence-corrected chi connectivity index (χ3v) is 5.14. The molecule has 0 saturated carbocycles. The molecule has 0 aromatic heterocycles. The lowest BCUT2D eigenvalue weighted by Crippen LogP contribution is -2.51. The number of thioether (sulfide) groups is 1. The molecule has 1 amide bonds. The summed E-state index contributed by atoms with van der Waals surface area (Å²) in [5.74, 6) is 2.05. The molecule has 3 heterocycles. The molecule has 0 radical (unpaired) electrons. The Hall–Kier alpha value is 0.320. The van der Waals surface area contributed by atoms with Gasteiger partial charge in [0.05, 0.1) is 6.04 Å². The summed E-state index contributed by atoms with van der Waals surface area (Å²) in [5, 5.41) is 6.46. The molecule has 3 rings (SSSR count). The molecule has 0 aromatic carbocycles. The number of nitrogens with zero attached hydrogens (tertiary/aromatic N) is 1. The van der Waals surface area contributed by atoms with Gasteiger partial charge in [0.15, 0.2) is 0 Å². The first-order chi connectivity index (χ1) is 8.33. The Kier molecular flexibility index (Phi) is 7.25. The second-order valence-electron chi connectivity index (χ2n) is 5.33. The minimum Gasteiger partial charge on any atom is -0.352 e. The van der Waals surface area contributed by atoms with E-state index in [1.165, 1.54) is 25.9 Å². The first kappa shape index (κ1) is 17.4. The van der Waals surface area contributed by atoms with Crippen LogP contribution in [0.15, 0.2) is 0 Å². The lowest BCUT2D eigenvalue weighted by atomic mass is 9.97. The van der Waals surface area contributed by atoms with Crippen molar-refractivity contribution in [1.29, 1.82) is 0 Å². The van der Waals surface area contributed by atoms with Gasteiger partial charge < -0.3 is 10.2 Å². The molecule has 0 spiro atoms. The number of hydrogen-bond donors (Lipinski definition) is 2. The van der Waals surface area contributed by atoms with Crippen LogP contribution in [0.3, 0.4) is 0 Å². The Balaban J connectivity index is 0.000000902. The summed E-state index contributed by atoms with van der Waals surface area (Å²) >= 11 is 1.81. The van der Waals surface area contributed by atoms with Crippen LogP contribution in [0.4, 0.5) is 0 Å². The molecule has 3 fully saturated rings. The first-order valence-electron chi connectivity index (χ1n) is 6.68. The van der Waals surface area contributed by atoms with E-state index in [0.717, 1.165) is 30.5 Å². The molecule has 0 aliphatic carbocycles. The molecule has 2 N–H and O–H groups in total. The van der Waals surface area contributed by atoms with Gasteiger partial charge in [0.2, 0.25) is 5.91 Å². The molecule has 112 valence electrons. The normalized spacial score (nSPS) is 34.0. The topological polar surface area (TPSA) is 44.4 Å². The zero-order valence-electron chi connectivity index (χ0n) is 11.0. The van der Waals surface area contributed by atoms with E-state index in [0.29, 0.717) is 6.04 Å². The number of fused-ring (bicyclic) bond motifs is 1. The zero-order valence-corrected chi connectivity index (χ0v) is 13.4. The standard InChI is InChI=1S/C12H21N3OS.2ClH/c16-12(11-7-17-8-13-11)14-9-3-5-15-4-1-2-10(15)6-9;;/h9-11,13H,1-8H2,(H,14,16);2*1H. The summed E-state index contributed by atoms with van der Waals surface area (Å²) in [5.41, 5.74) is 0. The molecule has 4 nitrogen and oxygen atoms in total. The maximum absolute atomic E-state index is 12.0. The maximum atomic E-state index is 12.0. The third-order valence-electron chi connectivity index (χ3n) is 4.20. The molecule has 19 heavy (non-hydrogen) atoms. The maximum Gasteiger partial charge on any atom is 0.238 e. The lowest BCUT2D eigenvalue weighted by Gasteiger charge is -2.35. The molecule has 3 aliphatic rings. The van der Waals surface area contributed by atoms with Crippen LogP contribution in [-0.2, 0) is 4.79 Å². The van der Waals surface area contributed by atoms with Crippen LogP contribution in [0.2, 0.25) is 0 Å². The molecule has 3 unspecified atom stereocenters. The summed E-state index contributed by atoms with van der Waals surface area (Å²) < 4.78 is 0. The van der Waals surface area contributed by atoms with E-state index in [9.17, 15) is 4.79 Å². The highest BCUT2D eigenvalue weighted by molar-refractivity contribution is 7.99. The minimum atomic E-state index is 0. The van der Waals surface area contributed by atoms with Crippen molar-refractivity contribution in [3.8, 4) is 0 Å². The molecular formula is C12H23Cl2N3OS. The van der Waals surface area contributed by atoms with Crippen molar-refractivity contribution in [1.82, 2.24) is 15.5 Å². The SMILES string of the molecule is Cl.Cl.O=C(NC1CCN2CCCC2C1)C1CSCN1. The van der Waals surface area contributed by atoms with Crippen molar-refractivity contribution in [3.63, 3.8) is 0 Å².